The van der Waals surface area contributed by atoms with Crippen LogP contribution in [0.2, 0.25) is 0 Å². The number of aromatic nitrogens is 4. The highest BCUT2D eigenvalue weighted by Crippen LogP contribution is 2.17. The Hall–Kier alpha value is -2.49. The van der Waals surface area contributed by atoms with E-state index in [1.54, 1.807) is 6.92 Å². The molecule has 0 amide bonds. The molecule has 2 aromatic rings. The standard InChI is InChI=1S/C11H12N6O/c1-6-7(2)15-16-11(9(6)4-12)13-5-10-14-8(3)18-17-10/h5H2,1-3H3,(H,13,16). The molecule has 0 aliphatic heterocycles. The Labute approximate surface area is 104 Å². The average molecular weight is 244 g/mol. The van der Waals surface area contributed by atoms with Crippen LogP contribution in [-0.2, 0) is 6.54 Å². The minimum Gasteiger partial charge on any atom is -0.360 e. The zero-order valence-electron chi connectivity index (χ0n) is 10.4. The summed E-state index contributed by atoms with van der Waals surface area (Å²) in [4.78, 5) is 4.05. The molecule has 0 saturated heterocycles. The monoisotopic (exact) mass is 244 g/mol. The van der Waals surface area contributed by atoms with Gasteiger partial charge in [-0.25, -0.2) is 0 Å². The van der Waals surface area contributed by atoms with Gasteiger partial charge in [-0.3, -0.25) is 0 Å². The summed E-state index contributed by atoms with van der Waals surface area (Å²) in [6, 6.07) is 2.12. The number of aryl methyl sites for hydroxylation is 2. The second kappa shape index (κ2) is 4.79. The van der Waals surface area contributed by atoms with Crippen molar-refractivity contribution in [2.24, 2.45) is 0 Å². The largest absolute Gasteiger partial charge is 0.360 e. The molecule has 92 valence electrons. The number of nitrogens with one attached hydrogen (secondary N) is 1. The van der Waals surface area contributed by atoms with Gasteiger partial charge in [0.1, 0.15) is 11.6 Å². The lowest BCUT2D eigenvalue weighted by Gasteiger charge is -2.07. The van der Waals surface area contributed by atoms with Crippen LogP contribution in [0, 0.1) is 32.1 Å². The first-order valence-electron chi connectivity index (χ1n) is 5.39. The van der Waals surface area contributed by atoms with Crippen LogP contribution in [0.3, 0.4) is 0 Å². The molecule has 0 unspecified atom stereocenters. The van der Waals surface area contributed by atoms with E-state index in [1.807, 2.05) is 13.8 Å². The van der Waals surface area contributed by atoms with Gasteiger partial charge in [0.05, 0.1) is 12.2 Å². The van der Waals surface area contributed by atoms with E-state index in [0.717, 1.165) is 11.3 Å². The molecule has 0 radical (unpaired) electrons. The molecule has 0 atom stereocenters. The van der Waals surface area contributed by atoms with Crippen molar-refractivity contribution in [2.75, 3.05) is 5.32 Å². The van der Waals surface area contributed by atoms with E-state index in [4.69, 9.17) is 9.78 Å². The number of anilines is 1. The second-order valence-electron chi connectivity index (χ2n) is 3.83. The fourth-order valence-corrected chi connectivity index (χ4v) is 1.44. The summed E-state index contributed by atoms with van der Waals surface area (Å²) in [5, 5.41) is 23.8. The van der Waals surface area contributed by atoms with Crippen molar-refractivity contribution in [3.8, 4) is 6.07 Å². The molecule has 2 heterocycles. The van der Waals surface area contributed by atoms with Crippen molar-refractivity contribution in [3.63, 3.8) is 0 Å². The maximum atomic E-state index is 9.12. The number of nitrogens with zero attached hydrogens (tertiary/aromatic N) is 5. The van der Waals surface area contributed by atoms with Crippen LogP contribution in [0.15, 0.2) is 4.52 Å². The SMILES string of the molecule is Cc1nc(CNc2nnc(C)c(C)c2C#N)no1. The van der Waals surface area contributed by atoms with Crippen LogP contribution in [-0.4, -0.2) is 20.3 Å². The molecular formula is C11H12N6O. The van der Waals surface area contributed by atoms with Gasteiger partial charge < -0.3 is 9.84 Å². The van der Waals surface area contributed by atoms with Crippen molar-refractivity contribution >= 4 is 5.82 Å². The van der Waals surface area contributed by atoms with Crippen LogP contribution in [0.5, 0.6) is 0 Å². The van der Waals surface area contributed by atoms with Crippen LogP contribution in [0.1, 0.15) is 28.5 Å². The van der Waals surface area contributed by atoms with Crippen molar-refractivity contribution in [2.45, 2.75) is 27.3 Å². The molecule has 0 saturated carbocycles. The van der Waals surface area contributed by atoms with Crippen molar-refractivity contribution in [1.29, 1.82) is 5.26 Å². The summed E-state index contributed by atoms with van der Waals surface area (Å²) in [5.41, 5.74) is 2.05. The van der Waals surface area contributed by atoms with Gasteiger partial charge in [0.2, 0.25) is 5.89 Å². The third-order valence-corrected chi connectivity index (χ3v) is 2.55. The fraction of sp³-hybridized carbons (Fsp3) is 0.364. The van der Waals surface area contributed by atoms with E-state index in [-0.39, 0.29) is 0 Å². The quantitative estimate of drug-likeness (QED) is 0.867. The number of hydrogen-bond donors (Lipinski definition) is 1. The summed E-state index contributed by atoms with van der Waals surface area (Å²) in [5.74, 6) is 1.44. The third kappa shape index (κ3) is 2.27. The Kier molecular flexibility index (Phi) is 3.19. The van der Waals surface area contributed by atoms with E-state index >= 15 is 0 Å². The number of nitriles is 1. The summed E-state index contributed by atoms with van der Waals surface area (Å²) in [6.45, 7) is 5.71. The molecular weight excluding hydrogens is 232 g/mol. The van der Waals surface area contributed by atoms with Gasteiger partial charge in [0.25, 0.3) is 0 Å². The van der Waals surface area contributed by atoms with Gasteiger partial charge in [0.15, 0.2) is 11.6 Å². The average Bonchev–Trinajstić information content (AvgIpc) is 2.77. The minimum absolute atomic E-state index is 0.337. The first-order chi connectivity index (χ1) is 8.61. The smallest absolute Gasteiger partial charge is 0.223 e. The molecule has 7 heteroatoms. The summed E-state index contributed by atoms with van der Waals surface area (Å²) < 4.78 is 4.85. The molecule has 2 rings (SSSR count). The lowest BCUT2D eigenvalue weighted by molar-refractivity contribution is 0.388. The van der Waals surface area contributed by atoms with E-state index in [2.05, 4.69) is 31.7 Å². The van der Waals surface area contributed by atoms with Gasteiger partial charge in [0, 0.05) is 6.92 Å². The highest BCUT2D eigenvalue weighted by Gasteiger charge is 2.11. The lowest BCUT2D eigenvalue weighted by atomic mass is 10.1. The molecule has 0 bridgehead atoms. The normalized spacial score (nSPS) is 10.1. The fourth-order valence-electron chi connectivity index (χ4n) is 1.44. The zero-order chi connectivity index (χ0) is 13.1. The summed E-state index contributed by atoms with van der Waals surface area (Å²) in [7, 11) is 0. The molecule has 2 aromatic heterocycles. The Morgan fingerprint density at radius 2 is 2.06 bits per heavy atom. The van der Waals surface area contributed by atoms with Crippen LogP contribution >= 0.6 is 0 Å². The van der Waals surface area contributed by atoms with Gasteiger partial charge >= 0.3 is 0 Å². The topological polar surface area (TPSA) is 101 Å². The number of hydrogen-bond acceptors (Lipinski definition) is 7. The minimum atomic E-state index is 0.337. The zero-order valence-corrected chi connectivity index (χ0v) is 10.4. The molecule has 1 N–H and O–H groups in total. The van der Waals surface area contributed by atoms with Crippen LogP contribution < -0.4 is 5.32 Å². The first kappa shape index (κ1) is 12.0. The maximum Gasteiger partial charge on any atom is 0.223 e. The van der Waals surface area contributed by atoms with Gasteiger partial charge in [-0.1, -0.05) is 5.16 Å². The molecule has 0 aromatic carbocycles. The first-order valence-corrected chi connectivity index (χ1v) is 5.39. The molecule has 0 aliphatic rings. The Bertz CT molecular complexity index is 612. The lowest BCUT2D eigenvalue weighted by Crippen LogP contribution is -2.08. The van der Waals surface area contributed by atoms with Crippen LogP contribution in [0.4, 0.5) is 5.82 Å². The van der Waals surface area contributed by atoms with Crippen LogP contribution in [0.25, 0.3) is 0 Å². The Balaban J connectivity index is 2.20. The number of rotatable bonds is 3. The summed E-state index contributed by atoms with van der Waals surface area (Å²) in [6.07, 6.45) is 0. The van der Waals surface area contributed by atoms with E-state index < -0.39 is 0 Å². The van der Waals surface area contributed by atoms with E-state index in [9.17, 15) is 0 Å². The molecule has 0 aliphatic carbocycles. The van der Waals surface area contributed by atoms with Crippen molar-refractivity contribution in [3.05, 3.63) is 28.5 Å². The highest BCUT2D eigenvalue weighted by molar-refractivity contribution is 5.55. The van der Waals surface area contributed by atoms with Gasteiger partial charge in [-0.2, -0.15) is 15.3 Å². The maximum absolute atomic E-state index is 9.12. The van der Waals surface area contributed by atoms with Crippen molar-refractivity contribution < 1.29 is 4.52 Å². The molecule has 0 fully saturated rings. The third-order valence-electron chi connectivity index (χ3n) is 2.55. The van der Waals surface area contributed by atoms with E-state index in [0.29, 0.717) is 29.6 Å². The van der Waals surface area contributed by atoms with Gasteiger partial charge in [-0.05, 0) is 19.4 Å². The summed E-state index contributed by atoms with van der Waals surface area (Å²) >= 11 is 0. The Morgan fingerprint density at radius 1 is 1.28 bits per heavy atom. The van der Waals surface area contributed by atoms with Crippen molar-refractivity contribution in [1.82, 2.24) is 20.3 Å². The molecule has 7 nitrogen and oxygen atoms in total. The second-order valence-corrected chi connectivity index (χ2v) is 3.83. The predicted octanol–water partition coefficient (Wildman–Crippen LogP) is 1.27. The predicted molar refractivity (Wildman–Crippen MR) is 62.6 cm³/mol. The van der Waals surface area contributed by atoms with Gasteiger partial charge in [-0.15, -0.1) is 5.10 Å². The molecule has 0 spiro atoms. The van der Waals surface area contributed by atoms with E-state index in [1.165, 1.54) is 0 Å². The molecule has 18 heavy (non-hydrogen) atoms. The Morgan fingerprint density at radius 3 is 2.67 bits per heavy atom. The highest BCUT2D eigenvalue weighted by atomic mass is 16.5.